The fraction of sp³-hybridized carbons (Fsp3) is 0.778. The topological polar surface area (TPSA) is 0 Å². The van der Waals surface area contributed by atoms with Gasteiger partial charge in [0.25, 0.3) is 0 Å². The van der Waals surface area contributed by atoms with Crippen molar-refractivity contribution in [2.45, 2.75) is 33.6 Å². The predicted molar refractivity (Wildman–Crippen MR) is 41.8 cm³/mol. The molecule has 0 aromatic carbocycles. The number of hydrogen-bond acceptors (Lipinski definition) is 0. The Morgan fingerprint density at radius 3 is 2.11 bits per heavy atom. The van der Waals surface area contributed by atoms with Crippen LogP contribution in [0.3, 0.4) is 0 Å². The molecule has 0 saturated carbocycles. The Balaban J connectivity index is 3.58. The van der Waals surface area contributed by atoms with Gasteiger partial charge in [-0.2, -0.15) is 0 Å². The molecule has 53 valence electrons. The molecule has 0 amide bonds. The quantitative estimate of drug-likeness (QED) is 0.544. The lowest BCUT2D eigenvalue weighted by Gasteiger charge is -2.24. The summed E-state index contributed by atoms with van der Waals surface area (Å²) >= 11 is 0. The van der Waals surface area contributed by atoms with Gasteiger partial charge < -0.3 is 0 Å². The minimum absolute atomic E-state index is 0.307. The van der Waals surface area contributed by atoms with Crippen molar-refractivity contribution in [2.24, 2.45) is 11.3 Å². The molecule has 3 radical (unpaired) electrons. The molecule has 0 saturated heterocycles. The van der Waals surface area contributed by atoms with Crippen LogP contribution in [0.4, 0.5) is 0 Å². The van der Waals surface area contributed by atoms with Gasteiger partial charge in [0.2, 0.25) is 0 Å². The van der Waals surface area contributed by atoms with Crippen LogP contribution in [0.1, 0.15) is 33.6 Å². The summed E-state index contributed by atoms with van der Waals surface area (Å²) in [5.41, 5.74) is 0.328. The van der Waals surface area contributed by atoms with E-state index in [4.69, 9.17) is 6.92 Å². The molecule has 0 bridgehead atoms. The molecule has 0 spiro atoms. The van der Waals surface area contributed by atoms with E-state index in [1.165, 1.54) is 0 Å². The van der Waals surface area contributed by atoms with E-state index in [2.05, 4.69) is 20.8 Å². The highest BCUT2D eigenvalue weighted by molar-refractivity contribution is 4.73. The zero-order valence-electron chi connectivity index (χ0n) is 6.78. The molecular weight excluding hydrogens is 108 g/mol. The van der Waals surface area contributed by atoms with E-state index in [0.29, 0.717) is 11.3 Å². The third-order valence-electron chi connectivity index (χ3n) is 1.55. The lowest BCUT2D eigenvalue weighted by atomic mass is 9.82. The molecule has 0 heterocycles. The fourth-order valence-corrected chi connectivity index (χ4v) is 0.974. The van der Waals surface area contributed by atoms with Crippen LogP contribution in [0.15, 0.2) is 0 Å². The maximum absolute atomic E-state index is 5.63. The molecule has 0 aliphatic rings. The van der Waals surface area contributed by atoms with E-state index >= 15 is 0 Å². The normalized spacial score (nSPS) is 12.7. The van der Waals surface area contributed by atoms with E-state index in [1.807, 2.05) is 6.92 Å². The smallest absolute Gasteiger partial charge is 0.0321 e. The third-order valence-corrected chi connectivity index (χ3v) is 1.55. The first kappa shape index (κ1) is 9.00. The van der Waals surface area contributed by atoms with E-state index in [1.54, 1.807) is 0 Å². The average Bonchev–Trinajstić information content (AvgIpc) is 1.63. The second kappa shape index (κ2) is 3.24. The first-order chi connectivity index (χ1) is 3.98. The summed E-state index contributed by atoms with van der Waals surface area (Å²) in [6.07, 6.45) is 2.03. The molecule has 0 aliphatic carbocycles. The largest absolute Gasteiger partial charge is 0.0622 e. The van der Waals surface area contributed by atoms with Gasteiger partial charge in [0.05, 0.1) is 0 Å². The van der Waals surface area contributed by atoms with Gasteiger partial charge >= 0.3 is 0 Å². The van der Waals surface area contributed by atoms with Gasteiger partial charge in [-0.05, 0) is 31.1 Å². The molecule has 1 atom stereocenters. The van der Waals surface area contributed by atoms with Gasteiger partial charge in [-0.3, -0.25) is 0 Å². The highest BCUT2D eigenvalue weighted by Crippen LogP contribution is 2.27. The van der Waals surface area contributed by atoms with Gasteiger partial charge in [-0.25, -0.2) is 0 Å². The predicted octanol–water partition coefficient (Wildman–Crippen LogP) is 2.97. The molecule has 0 aromatic heterocycles. The van der Waals surface area contributed by atoms with E-state index in [0.717, 1.165) is 12.8 Å². The number of rotatable bonds is 3. The molecule has 0 nitrogen and oxygen atoms in total. The SMILES string of the molecule is [CH]C(C)CC(C)(C)C[CH2]. The van der Waals surface area contributed by atoms with Crippen LogP contribution < -0.4 is 0 Å². The van der Waals surface area contributed by atoms with Crippen LogP contribution in [-0.4, -0.2) is 0 Å². The summed E-state index contributed by atoms with van der Waals surface area (Å²) in [6, 6.07) is 0. The second-order valence-corrected chi connectivity index (χ2v) is 3.60. The molecule has 0 aliphatic heterocycles. The lowest BCUT2D eigenvalue weighted by molar-refractivity contribution is 0.302. The molecule has 0 fully saturated rings. The lowest BCUT2D eigenvalue weighted by Crippen LogP contribution is -2.12. The van der Waals surface area contributed by atoms with Crippen molar-refractivity contribution in [2.75, 3.05) is 0 Å². The van der Waals surface area contributed by atoms with Gasteiger partial charge in [-0.1, -0.05) is 27.7 Å². The standard InChI is InChI=1S/C9H17/c1-6-9(4,5)7-8(2)3/h2,8H,1,6-7H2,3-5H3. The van der Waals surface area contributed by atoms with Crippen molar-refractivity contribution < 1.29 is 0 Å². The zero-order chi connectivity index (χ0) is 7.49. The molecule has 0 N–H and O–H groups in total. The van der Waals surface area contributed by atoms with E-state index < -0.39 is 0 Å². The summed E-state index contributed by atoms with van der Waals surface area (Å²) in [4.78, 5) is 0. The Bertz CT molecular complexity index is 70.1. The van der Waals surface area contributed by atoms with Crippen molar-refractivity contribution in [3.05, 3.63) is 13.8 Å². The second-order valence-electron chi connectivity index (χ2n) is 3.60. The van der Waals surface area contributed by atoms with Gasteiger partial charge in [-0.15, -0.1) is 0 Å². The Morgan fingerprint density at radius 2 is 2.00 bits per heavy atom. The first-order valence-corrected chi connectivity index (χ1v) is 3.53. The average molecular weight is 125 g/mol. The Labute approximate surface area is 59.7 Å². The molecular formula is C9H17. The van der Waals surface area contributed by atoms with Gasteiger partial charge in [0.1, 0.15) is 0 Å². The van der Waals surface area contributed by atoms with Crippen LogP contribution in [0, 0.1) is 25.2 Å². The van der Waals surface area contributed by atoms with Crippen molar-refractivity contribution in [3.8, 4) is 0 Å². The summed E-state index contributed by atoms with van der Waals surface area (Å²) in [6.45, 7) is 15.9. The maximum atomic E-state index is 5.63. The molecule has 1 unspecified atom stereocenters. The molecule has 0 heteroatoms. The highest BCUT2D eigenvalue weighted by atomic mass is 14.2. The highest BCUT2D eigenvalue weighted by Gasteiger charge is 2.15. The summed E-state index contributed by atoms with van der Waals surface area (Å²) < 4.78 is 0. The summed E-state index contributed by atoms with van der Waals surface area (Å²) in [5, 5.41) is 0. The minimum Gasteiger partial charge on any atom is -0.0622 e. The number of hydrogen-bond donors (Lipinski definition) is 0. The summed E-state index contributed by atoms with van der Waals surface area (Å²) in [5.74, 6) is 0.307. The van der Waals surface area contributed by atoms with Crippen molar-refractivity contribution in [1.82, 2.24) is 0 Å². The van der Waals surface area contributed by atoms with Crippen LogP contribution in [0.5, 0.6) is 0 Å². The Kier molecular flexibility index (Phi) is 3.24. The third kappa shape index (κ3) is 4.50. The maximum Gasteiger partial charge on any atom is -0.0321 e. The Morgan fingerprint density at radius 1 is 1.56 bits per heavy atom. The minimum atomic E-state index is 0.307. The van der Waals surface area contributed by atoms with Gasteiger partial charge in [0, 0.05) is 0 Å². The van der Waals surface area contributed by atoms with Crippen LogP contribution in [-0.2, 0) is 0 Å². The zero-order valence-corrected chi connectivity index (χ0v) is 6.78. The van der Waals surface area contributed by atoms with E-state index in [-0.39, 0.29) is 0 Å². The first-order valence-electron chi connectivity index (χ1n) is 3.53. The van der Waals surface area contributed by atoms with Crippen LogP contribution in [0.25, 0.3) is 0 Å². The van der Waals surface area contributed by atoms with E-state index in [9.17, 15) is 0 Å². The molecule has 9 heavy (non-hydrogen) atoms. The van der Waals surface area contributed by atoms with Crippen LogP contribution in [0.2, 0.25) is 0 Å². The fourth-order valence-electron chi connectivity index (χ4n) is 0.974. The molecule has 0 rings (SSSR count). The van der Waals surface area contributed by atoms with Crippen molar-refractivity contribution in [1.29, 1.82) is 0 Å². The summed E-state index contributed by atoms with van der Waals surface area (Å²) in [7, 11) is 0. The van der Waals surface area contributed by atoms with Crippen LogP contribution >= 0.6 is 0 Å². The molecule has 0 aromatic rings. The van der Waals surface area contributed by atoms with Gasteiger partial charge in [0.15, 0.2) is 0 Å². The monoisotopic (exact) mass is 125 g/mol. The van der Waals surface area contributed by atoms with Crippen molar-refractivity contribution >= 4 is 0 Å². The Hall–Kier alpha value is 0. The van der Waals surface area contributed by atoms with Crippen molar-refractivity contribution in [3.63, 3.8) is 0 Å².